The van der Waals surface area contributed by atoms with Crippen LogP contribution in [-0.2, 0) is 20.1 Å². The van der Waals surface area contributed by atoms with E-state index in [1.807, 2.05) is 24.3 Å². The molecule has 2 heterocycles. The Morgan fingerprint density at radius 1 is 1.21 bits per heavy atom. The molecule has 0 N–H and O–H groups in total. The van der Waals surface area contributed by atoms with Crippen molar-refractivity contribution in [3.63, 3.8) is 0 Å². The number of amides is 1. The Kier molecular flexibility index (Phi) is 3.60. The van der Waals surface area contributed by atoms with Crippen LogP contribution in [0.3, 0.4) is 0 Å². The Balaban J connectivity index is 1.93. The second-order valence-electron chi connectivity index (χ2n) is 4.68. The van der Waals surface area contributed by atoms with Crippen LogP contribution in [0, 0.1) is 0 Å². The van der Waals surface area contributed by atoms with E-state index in [0.717, 1.165) is 29.4 Å². The first-order valence-corrected chi connectivity index (χ1v) is 7.67. The van der Waals surface area contributed by atoms with E-state index in [-0.39, 0.29) is 5.91 Å². The minimum atomic E-state index is -1.18. The molecule has 1 saturated heterocycles. The normalized spacial score (nSPS) is 20.3. The van der Waals surface area contributed by atoms with Gasteiger partial charge in [-0.15, -0.1) is 0 Å². The number of unbranched alkanes of at least 4 members (excludes halogenated alkanes) is 1. The Hall–Kier alpha value is -0.910. The summed E-state index contributed by atoms with van der Waals surface area (Å²) < 4.78 is 11.3. The van der Waals surface area contributed by atoms with E-state index >= 15 is 0 Å². The Bertz CT molecular complexity index is 485. The van der Waals surface area contributed by atoms with Crippen molar-refractivity contribution in [2.75, 3.05) is 30.0 Å². The predicted molar refractivity (Wildman–Crippen MR) is 75.4 cm³/mol. The predicted octanol–water partition coefficient (Wildman–Crippen LogP) is 2.41. The third-order valence-electron chi connectivity index (χ3n) is 3.54. The van der Waals surface area contributed by atoms with Gasteiger partial charge < -0.3 is 14.4 Å². The molecule has 2 aliphatic rings. The highest BCUT2D eigenvalue weighted by Gasteiger charge is 2.55. The Labute approximate surface area is 120 Å². The molecule has 19 heavy (non-hydrogen) atoms. The molecule has 3 rings (SSSR count). The van der Waals surface area contributed by atoms with Gasteiger partial charge in [0.1, 0.15) is 0 Å². The molecule has 1 aromatic carbocycles. The molecule has 0 aliphatic carbocycles. The van der Waals surface area contributed by atoms with Crippen LogP contribution in [0.15, 0.2) is 24.3 Å². The SMILES string of the molecule is O=C1N(CCCCBr)c2ccccc2C12OCCO2. The van der Waals surface area contributed by atoms with Crippen molar-refractivity contribution in [3.05, 3.63) is 29.8 Å². The second kappa shape index (κ2) is 5.23. The number of nitrogens with zero attached hydrogens (tertiary/aromatic N) is 1. The van der Waals surface area contributed by atoms with E-state index in [0.29, 0.717) is 19.8 Å². The average Bonchev–Trinajstić information content (AvgIpc) is 3.01. The number of alkyl halides is 1. The lowest BCUT2D eigenvalue weighted by atomic mass is 10.1. The first kappa shape index (κ1) is 13.1. The molecule has 0 unspecified atom stereocenters. The monoisotopic (exact) mass is 325 g/mol. The highest BCUT2D eigenvalue weighted by atomic mass is 79.9. The minimum absolute atomic E-state index is 0.0826. The van der Waals surface area contributed by atoms with Crippen molar-refractivity contribution < 1.29 is 14.3 Å². The lowest BCUT2D eigenvalue weighted by Gasteiger charge is -2.22. The minimum Gasteiger partial charge on any atom is -0.336 e. The van der Waals surface area contributed by atoms with Gasteiger partial charge in [0.15, 0.2) is 0 Å². The van der Waals surface area contributed by atoms with Crippen LogP contribution < -0.4 is 4.90 Å². The second-order valence-corrected chi connectivity index (χ2v) is 5.48. The quantitative estimate of drug-likeness (QED) is 0.630. The smallest absolute Gasteiger partial charge is 0.292 e. The number of benzene rings is 1. The zero-order valence-electron chi connectivity index (χ0n) is 10.6. The number of hydrogen-bond acceptors (Lipinski definition) is 3. The van der Waals surface area contributed by atoms with Crippen LogP contribution in [0.25, 0.3) is 0 Å². The lowest BCUT2D eigenvalue weighted by molar-refractivity contribution is -0.180. The van der Waals surface area contributed by atoms with Gasteiger partial charge in [0.05, 0.1) is 18.9 Å². The molecule has 1 fully saturated rings. The molecule has 0 saturated carbocycles. The summed E-state index contributed by atoms with van der Waals surface area (Å²) >= 11 is 3.41. The summed E-state index contributed by atoms with van der Waals surface area (Å²) in [5, 5.41) is 0.953. The van der Waals surface area contributed by atoms with Gasteiger partial charge in [0.25, 0.3) is 11.7 Å². The highest BCUT2D eigenvalue weighted by molar-refractivity contribution is 9.09. The van der Waals surface area contributed by atoms with Gasteiger partial charge in [0, 0.05) is 17.4 Å². The summed E-state index contributed by atoms with van der Waals surface area (Å²) in [7, 11) is 0. The van der Waals surface area contributed by atoms with E-state index in [9.17, 15) is 4.79 Å². The molecule has 0 radical (unpaired) electrons. The summed E-state index contributed by atoms with van der Waals surface area (Å²) in [6.07, 6.45) is 2.00. The fraction of sp³-hybridized carbons (Fsp3) is 0.500. The van der Waals surface area contributed by atoms with E-state index in [1.165, 1.54) is 0 Å². The molecule has 1 spiro atoms. The fourth-order valence-electron chi connectivity index (χ4n) is 2.67. The number of halogens is 1. The third-order valence-corrected chi connectivity index (χ3v) is 4.10. The van der Waals surface area contributed by atoms with Gasteiger partial charge in [0.2, 0.25) is 0 Å². The molecule has 102 valence electrons. The highest BCUT2D eigenvalue weighted by Crippen LogP contribution is 2.45. The zero-order valence-corrected chi connectivity index (χ0v) is 12.2. The van der Waals surface area contributed by atoms with Crippen molar-refractivity contribution in [1.29, 1.82) is 0 Å². The first-order valence-electron chi connectivity index (χ1n) is 6.55. The van der Waals surface area contributed by atoms with E-state index in [1.54, 1.807) is 4.90 Å². The van der Waals surface area contributed by atoms with Crippen molar-refractivity contribution in [1.82, 2.24) is 0 Å². The third kappa shape index (κ3) is 2.00. The van der Waals surface area contributed by atoms with Gasteiger partial charge in [-0.1, -0.05) is 34.1 Å². The Morgan fingerprint density at radius 3 is 2.68 bits per heavy atom. The summed E-state index contributed by atoms with van der Waals surface area (Å²) in [5.41, 5.74) is 1.76. The Morgan fingerprint density at radius 2 is 1.95 bits per heavy atom. The van der Waals surface area contributed by atoms with Crippen LogP contribution in [-0.4, -0.2) is 31.0 Å². The van der Waals surface area contributed by atoms with Crippen LogP contribution in [0.5, 0.6) is 0 Å². The molecule has 4 nitrogen and oxygen atoms in total. The van der Waals surface area contributed by atoms with Crippen molar-refractivity contribution in [3.8, 4) is 0 Å². The van der Waals surface area contributed by atoms with Crippen LogP contribution in [0.4, 0.5) is 5.69 Å². The number of fused-ring (bicyclic) bond motifs is 2. The maximum atomic E-state index is 12.6. The van der Waals surface area contributed by atoms with Gasteiger partial charge in [-0.05, 0) is 18.9 Å². The molecule has 5 heteroatoms. The molecule has 0 atom stereocenters. The number of para-hydroxylation sites is 1. The van der Waals surface area contributed by atoms with E-state index < -0.39 is 5.79 Å². The van der Waals surface area contributed by atoms with Gasteiger partial charge in [-0.2, -0.15) is 0 Å². The van der Waals surface area contributed by atoms with Crippen LogP contribution in [0.2, 0.25) is 0 Å². The largest absolute Gasteiger partial charge is 0.336 e. The van der Waals surface area contributed by atoms with E-state index in [2.05, 4.69) is 15.9 Å². The maximum Gasteiger partial charge on any atom is 0.292 e. The molecule has 1 amide bonds. The van der Waals surface area contributed by atoms with Crippen molar-refractivity contribution in [2.24, 2.45) is 0 Å². The molecular weight excluding hydrogens is 310 g/mol. The number of ether oxygens (including phenoxy) is 2. The maximum absolute atomic E-state index is 12.6. The topological polar surface area (TPSA) is 38.8 Å². The molecular formula is C14H16BrNO3. The van der Waals surface area contributed by atoms with Crippen molar-refractivity contribution in [2.45, 2.75) is 18.6 Å². The number of rotatable bonds is 4. The van der Waals surface area contributed by atoms with Gasteiger partial charge >= 0.3 is 0 Å². The summed E-state index contributed by atoms with van der Waals surface area (Å²) in [6.45, 7) is 1.64. The van der Waals surface area contributed by atoms with Gasteiger partial charge in [-0.25, -0.2) is 0 Å². The molecule has 0 bridgehead atoms. The molecule has 2 aliphatic heterocycles. The molecule has 0 aromatic heterocycles. The zero-order chi connectivity index (χ0) is 13.3. The standard InChI is InChI=1S/C14H16BrNO3/c15-7-3-4-8-16-12-6-2-1-5-11(12)14(13(16)17)18-9-10-19-14/h1-2,5-6H,3-4,7-10H2. The van der Waals surface area contributed by atoms with Crippen LogP contribution >= 0.6 is 15.9 Å². The summed E-state index contributed by atoms with van der Waals surface area (Å²) in [4.78, 5) is 14.4. The summed E-state index contributed by atoms with van der Waals surface area (Å²) in [6, 6.07) is 7.74. The van der Waals surface area contributed by atoms with Crippen molar-refractivity contribution >= 4 is 27.5 Å². The lowest BCUT2D eigenvalue weighted by Crippen LogP contribution is -2.41. The number of hydrogen-bond donors (Lipinski definition) is 0. The first-order chi connectivity index (χ1) is 9.29. The number of carbonyl (C=O) groups is 1. The van der Waals surface area contributed by atoms with Crippen LogP contribution in [0.1, 0.15) is 18.4 Å². The average molecular weight is 326 g/mol. The molecule has 1 aromatic rings. The fourth-order valence-corrected chi connectivity index (χ4v) is 3.06. The number of anilines is 1. The van der Waals surface area contributed by atoms with E-state index in [4.69, 9.17) is 9.47 Å². The van der Waals surface area contributed by atoms with Gasteiger partial charge in [-0.3, -0.25) is 4.79 Å². The summed E-state index contributed by atoms with van der Waals surface area (Å²) in [5.74, 6) is -1.26. The number of carbonyl (C=O) groups excluding carboxylic acids is 1.